The number of nitrogens with zero attached hydrogens (tertiary/aromatic N) is 2. The Kier molecular flexibility index (Phi) is 5.61. The molecule has 128 valence electrons. The molecule has 0 saturated carbocycles. The second-order valence-corrected chi connectivity index (χ2v) is 7.15. The van der Waals surface area contributed by atoms with Gasteiger partial charge in [-0.2, -0.15) is 5.26 Å². The zero-order valence-electron chi connectivity index (χ0n) is 13.8. The average molecular weight is 425 g/mol. The van der Waals surface area contributed by atoms with Gasteiger partial charge >= 0.3 is 5.97 Å². The van der Waals surface area contributed by atoms with Crippen molar-refractivity contribution in [3.8, 4) is 23.1 Å². The van der Waals surface area contributed by atoms with Gasteiger partial charge in [0.2, 0.25) is 0 Å². The third kappa shape index (κ3) is 4.45. The van der Waals surface area contributed by atoms with Gasteiger partial charge in [0.25, 0.3) is 0 Å². The summed E-state index contributed by atoms with van der Waals surface area (Å²) in [5.41, 5.74) is 3.13. The zero-order valence-corrected chi connectivity index (χ0v) is 16.2. The quantitative estimate of drug-likeness (QED) is 0.312. The summed E-state index contributed by atoms with van der Waals surface area (Å²) in [6.45, 7) is 1.35. The number of rotatable bonds is 4. The van der Waals surface area contributed by atoms with Crippen LogP contribution in [0, 0.1) is 11.3 Å². The first-order valence-corrected chi connectivity index (χ1v) is 9.34. The van der Waals surface area contributed by atoms with Gasteiger partial charge in [0.15, 0.2) is 0 Å². The first kappa shape index (κ1) is 18.1. The van der Waals surface area contributed by atoms with Gasteiger partial charge in [0.05, 0.1) is 11.3 Å². The fourth-order valence-corrected chi connectivity index (χ4v) is 3.48. The molecule has 0 radical (unpaired) electrons. The van der Waals surface area contributed by atoms with Gasteiger partial charge in [-0.05, 0) is 35.9 Å². The largest absolute Gasteiger partial charge is 0.427 e. The van der Waals surface area contributed by atoms with E-state index in [1.165, 1.54) is 18.3 Å². The van der Waals surface area contributed by atoms with Gasteiger partial charge in [0, 0.05) is 22.3 Å². The molecule has 0 fully saturated rings. The molecule has 26 heavy (non-hydrogen) atoms. The van der Waals surface area contributed by atoms with Gasteiger partial charge < -0.3 is 4.74 Å². The molecule has 0 saturated heterocycles. The molecule has 1 aromatic heterocycles. The van der Waals surface area contributed by atoms with Crippen LogP contribution in [-0.4, -0.2) is 11.0 Å². The molecule has 4 nitrogen and oxygen atoms in total. The maximum atomic E-state index is 11.0. The summed E-state index contributed by atoms with van der Waals surface area (Å²) in [5.74, 6) is 0.105. The fraction of sp³-hybridized carbons (Fsp3) is 0.0500. The van der Waals surface area contributed by atoms with Crippen molar-refractivity contribution >= 4 is 44.9 Å². The van der Waals surface area contributed by atoms with Crippen LogP contribution in [0.2, 0.25) is 0 Å². The number of ether oxygens (including phenoxy) is 1. The molecule has 2 aromatic carbocycles. The minimum absolute atomic E-state index is 0.367. The number of hydrogen-bond donors (Lipinski definition) is 0. The molecule has 0 N–H and O–H groups in total. The summed E-state index contributed by atoms with van der Waals surface area (Å²) in [6, 6.07) is 17.0. The van der Waals surface area contributed by atoms with Crippen LogP contribution in [-0.2, 0) is 4.79 Å². The van der Waals surface area contributed by atoms with E-state index in [1.54, 1.807) is 30.3 Å². The first-order chi connectivity index (χ1) is 12.5. The highest BCUT2D eigenvalue weighted by Crippen LogP contribution is 2.28. The monoisotopic (exact) mass is 424 g/mol. The Bertz CT molecular complexity index is 1020. The number of hydrogen-bond acceptors (Lipinski definition) is 5. The highest BCUT2D eigenvalue weighted by Gasteiger charge is 2.09. The van der Waals surface area contributed by atoms with Crippen molar-refractivity contribution in [2.45, 2.75) is 6.92 Å². The number of carbonyl (C=O) groups excluding carboxylic acids is 1. The molecule has 3 rings (SSSR count). The lowest BCUT2D eigenvalue weighted by Crippen LogP contribution is -2.00. The van der Waals surface area contributed by atoms with E-state index < -0.39 is 0 Å². The Morgan fingerprint density at radius 2 is 2.04 bits per heavy atom. The molecule has 6 heteroatoms. The van der Waals surface area contributed by atoms with Gasteiger partial charge in [-0.3, -0.25) is 4.79 Å². The Morgan fingerprint density at radius 1 is 1.27 bits per heavy atom. The Balaban J connectivity index is 1.86. The van der Waals surface area contributed by atoms with Crippen LogP contribution in [0.5, 0.6) is 5.75 Å². The van der Waals surface area contributed by atoms with E-state index in [4.69, 9.17) is 4.74 Å². The van der Waals surface area contributed by atoms with Gasteiger partial charge in [0.1, 0.15) is 16.8 Å². The second kappa shape index (κ2) is 8.09. The van der Waals surface area contributed by atoms with Crippen LogP contribution in [0.15, 0.2) is 58.4 Å². The number of halogens is 1. The molecule has 0 aliphatic rings. The van der Waals surface area contributed by atoms with E-state index in [9.17, 15) is 10.1 Å². The SMILES string of the molecule is CC(=O)Oc1ccc(C=C(C#N)c2nc(-c3cccc(Br)c3)cs2)cc1. The lowest BCUT2D eigenvalue weighted by atomic mass is 10.1. The number of allylic oxidation sites excluding steroid dienone is 1. The minimum atomic E-state index is -0.367. The van der Waals surface area contributed by atoms with Crippen molar-refractivity contribution < 1.29 is 9.53 Å². The third-order valence-corrected chi connectivity index (χ3v) is 4.80. The summed E-state index contributed by atoms with van der Waals surface area (Å²) < 4.78 is 5.99. The van der Waals surface area contributed by atoms with Crippen LogP contribution in [0.1, 0.15) is 17.5 Å². The first-order valence-electron chi connectivity index (χ1n) is 7.67. The number of aromatic nitrogens is 1. The van der Waals surface area contributed by atoms with E-state index in [-0.39, 0.29) is 5.97 Å². The van der Waals surface area contributed by atoms with Crippen molar-refractivity contribution in [1.82, 2.24) is 4.98 Å². The molecule has 0 atom stereocenters. The van der Waals surface area contributed by atoms with Crippen LogP contribution < -0.4 is 4.74 Å². The number of thiazole rings is 1. The van der Waals surface area contributed by atoms with E-state index in [1.807, 2.05) is 29.6 Å². The normalized spacial score (nSPS) is 11.0. The molecular weight excluding hydrogens is 412 g/mol. The molecule has 0 aliphatic heterocycles. The van der Waals surface area contributed by atoms with Crippen LogP contribution in [0.25, 0.3) is 22.9 Å². The molecule has 0 spiro atoms. The lowest BCUT2D eigenvalue weighted by Gasteiger charge is -2.01. The van der Waals surface area contributed by atoms with E-state index in [0.717, 1.165) is 21.3 Å². The van der Waals surface area contributed by atoms with Crippen molar-refractivity contribution in [2.24, 2.45) is 0 Å². The smallest absolute Gasteiger partial charge is 0.308 e. The third-order valence-electron chi connectivity index (χ3n) is 3.43. The van der Waals surface area contributed by atoms with Gasteiger partial charge in [-0.15, -0.1) is 11.3 Å². The van der Waals surface area contributed by atoms with Gasteiger partial charge in [-0.25, -0.2) is 4.98 Å². The van der Waals surface area contributed by atoms with Crippen molar-refractivity contribution in [3.05, 3.63) is 69.0 Å². The van der Waals surface area contributed by atoms with Gasteiger partial charge in [-0.1, -0.05) is 40.2 Å². The molecule has 1 heterocycles. The molecule has 0 aliphatic carbocycles. The number of esters is 1. The standard InChI is InChI=1S/C20H13BrN2O2S/c1-13(24)25-18-7-5-14(6-8-18)9-16(11-22)20-23-19(12-26-20)15-3-2-4-17(21)10-15/h2-10,12H,1H3. The number of benzene rings is 2. The van der Waals surface area contributed by atoms with E-state index >= 15 is 0 Å². The predicted molar refractivity (Wildman–Crippen MR) is 106 cm³/mol. The van der Waals surface area contributed by atoms with Crippen molar-refractivity contribution in [1.29, 1.82) is 5.26 Å². The summed E-state index contributed by atoms with van der Waals surface area (Å²) in [5, 5.41) is 12.1. The molecular formula is C20H13BrN2O2S. The Labute approximate surface area is 163 Å². The fourth-order valence-electron chi connectivity index (χ4n) is 2.28. The summed E-state index contributed by atoms with van der Waals surface area (Å²) >= 11 is 4.88. The zero-order chi connectivity index (χ0) is 18.5. The van der Waals surface area contributed by atoms with E-state index in [2.05, 4.69) is 27.0 Å². The van der Waals surface area contributed by atoms with Crippen molar-refractivity contribution in [3.63, 3.8) is 0 Å². The Morgan fingerprint density at radius 3 is 2.69 bits per heavy atom. The van der Waals surface area contributed by atoms with Crippen LogP contribution in [0.4, 0.5) is 0 Å². The summed E-state index contributed by atoms with van der Waals surface area (Å²) in [7, 11) is 0. The molecule has 0 amide bonds. The number of carbonyl (C=O) groups is 1. The maximum absolute atomic E-state index is 11.0. The average Bonchev–Trinajstić information content (AvgIpc) is 3.10. The summed E-state index contributed by atoms with van der Waals surface area (Å²) in [6.07, 6.45) is 1.76. The minimum Gasteiger partial charge on any atom is -0.427 e. The second-order valence-electron chi connectivity index (χ2n) is 5.38. The van der Waals surface area contributed by atoms with Crippen LogP contribution in [0.3, 0.4) is 0 Å². The lowest BCUT2D eigenvalue weighted by molar-refractivity contribution is -0.131. The van der Waals surface area contributed by atoms with Crippen LogP contribution >= 0.6 is 27.3 Å². The maximum Gasteiger partial charge on any atom is 0.308 e. The highest BCUT2D eigenvalue weighted by molar-refractivity contribution is 9.10. The highest BCUT2D eigenvalue weighted by atomic mass is 79.9. The topological polar surface area (TPSA) is 63.0 Å². The van der Waals surface area contributed by atoms with E-state index in [0.29, 0.717) is 16.3 Å². The predicted octanol–water partition coefficient (Wildman–Crippen LogP) is 5.56. The molecule has 3 aromatic rings. The van der Waals surface area contributed by atoms with Crippen molar-refractivity contribution in [2.75, 3.05) is 0 Å². The summed E-state index contributed by atoms with van der Waals surface area (Å²) in [4.78, 5) is 15.5. The molecule has 0 unspecified atom stereocenters. The number of nitriles is 1. The Hall–Kier alpha value is -2.75. The molecule has 0 bridgehead atoms.